The second-order valence-electron chi connectivity index (χ2n) is 5.11. The zero-order valence-corrected chi connectivity index (χ0v) is 14.0. The quantitative estimate of drug-likeness (QED) is 0.441. The van der Waals surface area contributed by atoms with Gasteiger partial charge in [-0.15, -0.1) is 0 Å². The molecule has 0 unspecified atom stereocenters. The summed E-state index contributed by atoms with van der Waals surface area (Å²) in [7, 11) is 3.36. The number of rotatable bonds is 7. The molecule has 10 heteroatoms. The summed E-state index contributed by atoms with van der Waals surface area (Å²) in [5, 5.41) is 15.8. The lowest BCUT2D eigenvalue weighted by molar-refractivity contribution is -0.383. The Morgan fingerprint density at radius 1 is 1.32 bits per heavy atom. The van der Waals surface area contributed by atoms with Gasteiger partial charge in [0.2, 0.25) is 11.6 Å². The second kappa shape index (κ2) is 8.02. The van der Waals surface area contributed by atoms with Crippen LogP contribution in [0.5, 0.6) is 0 Å². The van der Waals surface area contributed by atoms with E-state index in [-0.39, 0.29) is 23.9 Å². The standard InChI is InChI=1S/C15H18N6O4/c1-4-25-15(22)10-6-5-7-11(8-10)18-13-12(21(23)24)14(17-9-16-13)19-20(2)3/h5-9H,4H2,1-3H3,(H2,16,17,18,19). The highest BCUT2D eigenvalue weighted by Gasteiger charge is 2.23. The van der Waals surface area contributed by atoms with Crippen molar-refractivity contribution in [1.29, 1.82) is 0 Å². The summed E-state index contributed by atoms with van der Waals surface area (Å²) < 4.78 is 4.94. The monoisotopic (exact) mass is 346 g/mol. The van der Waals surface area contributed by atoms with E-state index in [1.54, 1.807) is 39.2 Å². The van der Waals surface area contributed by atoms with Gasteiger partial charge < -0.3 is 10.1 Å². The molecule has 0 aliphatic carbocycles. The fourth-order valence-corrected chi connectivity index (χ4v) is 2.01. The number of hydrogen-bond acceptors (Lipinski definition) is 9. The Morgan fingerprint density at radius 3 is 2.68 bits per heavy atom. The highest BCUT2D eigenvalue weighted by atomic mass is 16.6. The fraction of sp³-hybridized carbons (Fsp3) is 0.267. The van der Waals surface area contributed by atoms with Crippen LogP contribution < -0.4 is 10.7 Å². The smallest absolute Gasteiger partial charge is 0.354 e. The predicted molar refractivity (Wildman–Crippen MR) is 91.7 cm³/mol. The van der Waals surface area contributed by atoms with Gasteiger partial charge in [-0.1, -0.05) is 6.07 Å². The number of carbonyl (C=O) groups excluding carboxylic acids is 1. The van der Waals surface area contributed by atoms with Crippen molar-refractivity contribution < 1.29 is 14.5 Å². The van der Waals surface area contributed by atoms with E-state index in [2.05, 4.69) is 20.7 Å². The Balaban J connectivity index is 2.35. The van der Waals surface area contributed by atoms with E-state index in [4.69, 9.17) is 4.74 Å². The van der Waals surface area contributed by atoms with Gasteiger partial charge in [0.25, 0.3) is 0 Å². The minimum Gasteiger partial charge on any atom is -0.462 e. The van der Waals surface area contributed by atoms with E-state index in [0.29, 0.717) is 11.3 Å². The summed E-state index contributed by atoms with van der Waals surface area (Å²) in [6, 6.07) is 6.42. The van der Waals surface area contributed by atoms with Gasteiger partial charge in [-0.2, -0.15) is 0 Å². The number of hydrogen-bond donors (Lipinski definition) is 2. The third-order valence-corrected chi connectivity index (χ3v) is 2.97. The number of benzene rings is 1. The summed E-state index contributed by atoms with van der Waals surface area (Å²) in [5.74, 6) is -0.419. The van der Waals surface area contributed by atoms with E-state index in [1.165, 1.54) is 17.4 Å². The zero-order chi connectivity index (χ0) is 18.4. The van der Waals surface area contributed by atoms with Crippen molar-refractivity contribution in [2.75, 3.05) is 31.4 Å². The number of nitro groups is 1. The minimum atomic E-state index is -0.580. The molecule has 0 fully saturated rings. The molecule has 0 spiro atoms. The van der Waals surface area contributed by atoms with Crippen LogP contribution in [0.4, 0.5) is 23.0 Å². The molecule has 1 heterocycles. The van der Waals surface area contributed by atoms with Crippen LogP contribution in [0.3, 0.4) is 0 Å². The average Bonchev–Trinajstić information content (AvgIpc) is 2.54. The zero-order valence-electron chi connectivity index (χ0n) is 14.0. The van der Waals surface area contributed by atoms with Gasteiger partial charge in [-0.3, -0.25) is 15.5 Å². The number of anilines is 3. The number of nitrogens with one attached hydrogen (secondary N) is 2. The summed E-state index contributed by atoms with van der Waals surface area (Å²) in [6.45, 7) is 1.97. The molecule has 1 aromatic carbocycles. The normalized spacial score (nSPS) is 10.4. The number of ether oxygens (including phenoxy) is 1. The van der Waals surface area contributed by atoms with Crippen molar-refractivity contribution in [3.63, 3.8) is 0 Å². The van der Waals surface area contributed by atoms with Crippen LogP contribution in [-0.4, -0.2) is 46.6 Å². The Hall–Kier alpha value is -3.27. The number of carbonyl (C=O) groups is 1. The van der Waals surface area contributed by atoms with E-state index < -0.39 is 10.9 Å². The van der Waals surface area contributed by atoms with Crippen molar-refractivity contribution in [3.05, 3.63) is 46.3 Å². The van der Waals surface area contributed by atoms with Crippen LogP contribution >= 0.6 is 0 Å². The maximum Gasteiger partial charge on any atom is 0.354 e. The van der Waals surface area contributed by atoms with Crippen LogP contribution in [0.15, 0.2) is 30.6 Å². The van der Waals surface area contributed by atoms with Gasteiger partial charge in [0.05, 0.1) is 17.1 Å². The Morgan fingerprint density at radius 2 is 2.04 bits per heavy atom. The van der Waals surface area contributed by atoms with E-state index in [1.807, 2.05) is 0 Å². The third kappa shape index (κ3) is 4.61. The first kappa shape index (κ1) is 18.1. The number of aromatic nitrogens is 2. The third-order valence-electron chi connectivity index (χ3n) is 2.97. The van der Waals surface area contributed by atoms with Gasteiger partial charge in [0, 0.05) is 19.8 Å². The molecule has 0 radical (unpaired) electrons. The van der Waals surface area contributed by atoms with E-state index >= 15 is 0 Å². The summed E-state index contributed by atoms with van der Waals surface area (Å²) in [6.07, 6.45) is 1.20. The molecular formula is C15H18N6O4. The first-order valence-electron chi connectivity index (χ1n) is 7.40. The van der Waals surface area contributed by atoms with Crippen LogP contribution in [0.1, 0.15) is 17.3 Å². The lowest BCUT2D eigenvalue weighted by atomic mass is 10.2. The molecule has 0 bridgehead atoms. The topological polar surface area (TPSA) is 123 Å². The maximum absolute atomic E-state index is 11.8. The molecule has 2 rings (SSSR count). The predicted octanol–water partition coefficient (Wildman–Crippen LogP) is 2.19. The van der Waals surface area contributed by atoms with Gasteiger partial charge >= 0.3 is 11.7 Å². The first-order valence-corrected chi connectivity index (χ1v) is 7.40. The van der Waals surface area contributed by atoms with Crippen molar-refractivity contribution >= 4 is 29.0 Å². The highest BCUT2D eigenvalue weighted by Crippen LogP contribution is 2.31. The second-order valence-corrected chi connectivity index (χ2v) is 5.11. The molecule has 132 valence electrons. The van der Waals surface area contributed by atoms with Crippen LogP contribution in [0.2, 0.25) is 0 Å². The Kier molecular flexibility index (Phi) is 5.79. The lowest BCUT2D eigenvalue weighted by Crippen LogP contribution is -2.21. The van der Waals surface area contributed by atoms with Crippen LogP contribution in [0.25, 0.3) is 0 Å². The minimum absolute atomic E-state index is 0.00496. The number of hydrazine groups is 1. The van der Waals surface area contributed by atoms with Gasteiger partial charge in [-0.25, -0.2) is 19.8 Å². The molecule has 0 saturated heterocycles. The molecule has 0 saturated carbocycles. The molecule has 0 atom stereocenters. The first-order chi connectivity index (χ1) is 11.9. The number of esters is 1. The van der Waals surface area contributed by atoms with Gasteiger partial charge in [0.1, 0.15) is 6.33 Å². The SMILES string of the molecule is CCOC(=O)c1cccc(Nc2ncnc(NN(C)C)c2[N+](=O)[O-])c1. The summed E-state index contributed by atoms with van der Waals surface area (Å²) in [4.78, 5) is 30.5. The lowest BCUT2D eigenvalue weighted by Gasteiger charge is -2.14. The number of nitrogens with zero attached hydrogens (tertiary/aromatic N) is 4. The van der Waals surface area contributed by atoms with Gasteiger partial charge in [-0.05, 0) is 25.1 Å². The molecule has 25 heavy (non-hydrogen) atoms. The fourth-order valence-electron chi connectivity index (χ4n) is 2.01. The van der Waals surface area contributed by atoms with Crippen molar-refractivity contribution in [3.8, 4) is 0 Å². The Bertz CT molecular complexity index is 780. The average molecular weight is 346 g/mol. The van der Waals surface area contributed by atoms with Crippen LogP contribution in [-0.2, 0) is 4.74 Å². The van der Waals surface area contributed by atoms with E-state index in [9.17, 15) is 14.9 Å². The molecule has 0 amide bonds. The summed E-state index contributed by atoms with van der Waals surface area (Å²) >= 11 is 0. The van der Waals surface area contributed by atoms with Crippen molar-refractivity contribution in [2.45, 2.75) is 6.92 Å². The van der Waals surface area contributed by atoms with Crippen molar-refractivity contribution in [1.82, 2.24) is 15.0 Å². The van der Waals surface area contributed by atoms with Gasteiger partial charge in [0.15, 0.2) is 0 Å². The molecule has 0 aliphatic heterocycles. The Labute approximate surface area is 144 Å². The van der Waals surface area contributed by atoms with Crippen molar-refractivity contribution in [2.24, 2.45) is 0 Å². The molecule has 2 N–H and O–H groups in total. The highest BCUT2D eigenvalue weighted by molar-refractivity contribution is 5.91. The molecular weight excluding hydrogens is 328 g/mol. The molecule has 10 nitrogen and oxygen atoms in total. The molecule has 1 aromatic heterocycles. The summed E-state index contributed by atoms with van der Waals surface area (Å²) in [5.41, 5.74) is 3.24. The largest absolute Gasteiger partial charge is 0.462 e. The molecule has 2 aromatic rings. The van der Waals surface area contributed by atoms with Crippen LogP contribution in [0, 0.1) is 10.1 Å². The molecule has 0 aliphatic rings. The maximum atomic E-state index is 11.8. The van der Waals surface area contributed by atoms with E-state index in [0.717, 1.165) is 0 Å².